The van der Waals surface area contributed by atoms with Crippen molar-refractivity contribution >= 4 is 11.8 Å². The summed E-state index contributed by atoms with van der Waals surface area (Å²) in [5, 5.41) is 0. The maximum atomic E-state index is 12.9. The van der Waals surface area contributed by atoms with Crippen LogP contribution < -0.4 is 0 Å². The van der Waals surface area contributed by atoms with Crippen LogP contribution in [0.1, 0.15) is 26.3 Å². The van der Waals surface area contributed by atoms with Crippen molar-refractivity contribution in [2.45, 2.75) is 6.54 Å². The maximum Gasteiger partial charge on any atom is 0.261 e. The average molecular weight is 312 g/mol. The summed E-state index contributed by atoms with van der Waals surface area (Å²) in [4.78, 5) is 27.8. The van der Waals surface area contributed by atoms with Gasteiger partial charge in [0.2, 0.25) is 0 Å². The van der Waals surface area contributed by atoms with Crippen LogP contribution in [0.4, 0.5) is 4.39 Å². The molecule has 5 heteroatoms. The van der Waals surface area contributed by atoms with Crippen LogP contribution in [0, 0.1) is 5.82 Å². The third kappa shape index (κ3) is 3.14. The van der Waals surface area contributed by atoms with Crippen LogP contribution in [0.5, 0.6) is 0 Å². The molecular formula is C18H17FN2O2. The van der Waals surface area contributed by atoms with Gasteiger partial charge in [-0.15, -0.1) is 0 Å². The van der Waals surface area contributed by atoms with Gasteiger partial charge in [0.15, 0.2) is 0 Å². The van der Waals surface area contributed by atoms with E-state index in [2.05, 4.69) is 0 Å². The van der Waals surface area contributed by atoms with E-state index in [-0.39, 0.29) is 17.6 Å². The largest absolute Gasteiger partial charge is 0.300 e. The Morgan fingerprint density at radius 1 is 0.957 bits per heavy atom. The number of carbonyl (C=O) groups is 2. The molecule has 3 rings (SSSR count). The Balaban J connectivity index is 1.59. The molecule has 2 aromatic carbocycles. The van der Waals surface area contributed by atoms with Gasteiger partial charge in [-0.05, 0) is 36.9 Å². The fourth-order valence-corrected chi connectivity index (χ4v) is 2.69. The summed E-state index contributed by atoms with van der Waals surface area (Å²) in [6.45, 7) is 1.52. The number of fused-ring (bicyclic) bond motifs is 1. The summed E-state index contributed by atoms with van der Waals surface area (Å²) >= 11 is 0. The van der Waals surface area contributed by atoms with E-state index in [9.17, 15) is 14.0 Å². The zero-order valence-electron chi connectivity index (χ0n) is 12.8. The molecule has 0 saturated carbocycles. The minimum Gasteiger partial charge on any atom is -0.300 e. The molecule has 1 aliphatic heterocycles. The molecule has 23 heavy (non-hydrogen) atoms. The van der Waals surface area contributed by atoms with E-state index < -0.39 is 0 Å². The molecule has 0 N–H and O–H groups in total. The quantitative estimate of drug-likeness (QED) is 0.797. The number of halogens is 1. The van der Waals surface area contributed by atoms with Crippen molar-refractivity contribution in [2.24, 2.45) is 0 Å². The molecule has 0 aromatic heterocycles. The number of imide groups is 1. The van der Waals surface area contributed by atoms with Crippen LogP contribution >= 0.6 is 0 Å². The molecular weight excluding hydrogens is 295 g/mol. The van der Waals surface area contributed by atoms with Gasteiger partial charge in [0.05, 0.1) is 11.1 Å². The Labute approximate surface area is 134 Å². The topological polar surface area (TPSA) is 40.6 Å². The minimum atomic E-state index is -0.262. The molecule has 0 fully saturated rings. The highest BCUT2D eigenvalue weighted by molar-refractivity contribution is 6.21. The van der Waals surface area contributed by atoms with Gasteiger partial charge < -0.3 is 4.90 Å². The van der Waals surface area contributed by atoms with Crippen molar-refractivity contribution in [1.82, 2.24) is 9.80 Å². The zero-order chi connectivity index (χ0) is 16.4. The highest BCUT2D eigenvalue weighted by Gasteiger charge is 2.34. The van der Waals surface area contributed by atoms with E-state index in [1.807, 2.05) is 11.9 Å². The van der Waals surface area contributed by atoms with Gasteiger partial charge in [-0.3, -0.25) is 14.5 Å². The van der Waals surface area contributed by atoms with Crippen LogP contribution in [-0.4, -0.2) is 41.8 Å². The molecule has 4 nitrogen and oxygen atoms in total. The smallest absolute Gasteiger partial charge is 0.261 e. The SMILES string of the molecule is CN(CCN1C(=O)c2ccccc2C1=O)Cc1ccc(F)cc1. The van der Waals surface area contributed by atoms with Crippen LogP contribution in [0.25, 0.3) is 0 Å². The van der Waals surface area contributed by atoms with Crippen molar-refractivity contribution in [3.05, 3.63) is 71.0 Å². The highest BCUT2D eigenvalue weighted by Crippen LogP contribution is 2.22. The standard InChI is InChI=1S/C18H17FN2O2/c1-20(12-13-6-8-14(19)9-7-13)10-11-21-17(22)15-4-2-3-5-16(15)18(21)23/h2-9H,10-12H2,1H3. The molecule has 0 atom stereocenters. The normalized spacial score (nSPS) is 13.8. The number of likely N-dealkylation sites (N-methyl/N-ethyl adjacent to an activating group) is 1. The zero-order valence-corrected chi connectivity index (χ0v) is 12.8. The third-order valence-electron chi connectivity index (χ3n) is 3.95. The van der Waals surface area contributed by atoms with Crippen LogP contribution in [-0.2, 0) is 6.54 Å². The monoisotopic (exact) mass is 312 g/mol. The second-order valence-corrected chi connectivity index (χ2v) is 5.67. The number of nitrogens with zero attached hydrogens (tertiary/aromatic N) is 2. The van der Waals surface area contributed by atoms with Crippen molar-refractivity contribution in [3.8, 4) is 0 Å². The lowest BCUT2D eigenvalue weighted by Crippen LogP contribution is -2.36. The first-order chi connectivity index (χ1) is 11.1. The number of hydrogen-bond donors (Lipinski definition) is 0. The summed E-state index contributed by atoms with van der Waals surface area (Å²) in [5.74, 6) is -0.732. The van der Waals surface area contributed by atoms with Gasteiger partial charge in [-0.1, -0.05) is 24.3 Å². The lowest BCUT2D eigenvalue weighted by Gasteiger charge is -2.20. The van der Waals surface area contributed by atoms with Gasteiger partial charge >= 0.3 is 0 Å². The van der Waals surface area contributed by atoms with Crippen molar-refractivity contribution in [2.75, 3.05) is 20.1 Å². The first-order valence-electron chi connectivity index (χ1n) is 7.44. The van der Waals surface area contributed by atoms with Gasteiger partial charge in [-0.2, -0.15) is 0 Å². The lowest BCUT2D eigenvalue weighted by molar-refractivity contribution is 0.0640. The Hall–Kier alpha value is -2.53. The first kappa shape index (κ1) is 15.4. The Kier molecular flexibility index (Phi) is 4.21. The summed E-state index contributed by atoms with van der Waals surface area (Å²) in [7, 11) is 1.90. The number of hydrogen-bond acceptors (Lipinski definition) is 3. The predicted molar refractivity (Wildman–Crippen MR) is 84.5 cm³/mol. The van der Waals surface area contributed by atoms with Crippen LogP contribution in [0.15, 0.2) is 48.5 Å². The Bertz CT molecular complexity index is 708. The Morgan fingerprint density at radius 3 is 2.09 bits per heavy atom. The maximum absolute atomic E-state index is 12.9. The second-order valence-electron chi connectivity index (χ2n) is 5.67. The average Bonchev–Trinajstić information content (AvgIpc) is 2.80. The molecule has 1 heterocycles. The summed E-state index contributed by atoms with van der Waals surface area (Å²) in [6, 6.07) is 13.2. The molecule has 0 saturated heterocycles. The van der Waals surface area contributed by atoms with Crippen LogP contribution in [0.2, 0.25) is 0 Å². The van der Waals surface area contributed by atoms with Crippen molar-refractivity contribution in [3.63, 3.8) is 0 Å². The van der Waals surface area contributed by atoms with Gasteiger partial charge in [0.1, 0.15) is 5.82 Å². The highest BCUT2D eigenvalue weighted by atomic mass is 19.1. The molecule has 0 unspecified atom stereocenters. The minimum absolute atomic E-state index is 0.235. The fourth-order valence-electron chi connectivity index (χ4n) is 2.69. The van der Waals surface area contributed by atoms with Crippen LogP contribution in [0.3, 0.4) is 0 Å². The van der Waals surface area contributed by atoms with E-state index in [0.717, 1.165) is 5.56 Å². The molecule has 0 radical (unpaired) electrons. The number of carbonyl (C=O) groups excluding carboxylic acids is 2. The van der Waals surface area contributed by atoms with Gasteiger partial charge in [0, 0.05) is 19.6 Å². The van der Waals surface area contributed by atoms with E-state index >= 15 is 0 Å². The summed E-state index contributed by atoms with van der Waals surface area (Å²) in [6.07, 6.45) is 0. The molecule has 1 aliphatic rings. The van der Waals surface area contributed by atoms with Gasteiger partial charge in [0.25, 0.3) is 11.8 Å². The third-order valence-corrected chi connectivity index (χ3v) is 3.95. The first-order valence-corrected chi connectivity index (χ1v) is 7.44. The predicted octanol–water partition coefficient (Wildman–Crippen LogP) is 2.55. The molecule has 0 bridgehead atoms. The molecule has 2 aromatic rings. The molecule has 0 spiro atoms. The summed E-state index contributed by atoms with van der Waals surface area (Å²) < 4.78 is 12.9. The van der Waals surface area contributed by atoms with E-state index in [1.54, 1.807) is 36.4 Å². The Morgan fingerprint density at radius 2 is 1.52 bits per heavy atom. The van der Waals surface area contributed by atoms with E-state index in [4.69, 9.17) is 0 Å². The van der Waals surface area contributed by atoms with Crippen molar-refractivity contribution < 1.29 is 14.0 Å². The fraction of sp³-hybridized carbons (Fsp3) is 0.222. The van der Waals surface area contributed by atoms with E-state index in [0.29, 0.717) is 30.8 Å². The molecule has 2 amide bonds. The van der Waals surface area contributed by atoms with Crippen molar-refractivity contribution in [1.29, 1.82) is 0 Å². The lowest BCUT2D eigenvalue weighted by atomic mass is 10.1. The second kappa shape index (κ2) is 6.30. The molecule has 118 valence electrons. The molecule has 0 aliphatic carbocycles. The summed E-state index contributed by atoms with van der Waals surface area (Å²) in [5.41, 5.74) is 1.92. The van der Waals surface area contributed by atoms with Gasteiger partial charge in [-0.25, -0.2) is 4.39 Å². The number of amides is 2. The number of benzene rings is 2. The van der Waals surface area contributed by atoms with E-state index in [1.165, 1.54) is 17.0 Å². The number of rotatable bonds is 5.